The van der Waals surface area contributed by atoms with E-state index in [4.69, 9.17) is 5.73 Å². The summed E-state index contributed by atoms with van der Waals surface area (Å²) in [6.45, 7) is 0. The Labute approximate surface area is 104 Å². The molecule has 3 N–H and O–H groups in total. The third-order valence-electron chi connectivity index (χ3n) is 3.31. The lowest BCUT2D eigenvalue weighted by molar-refractivity contribution is -0.121. The molecule has 1 aromatic rings. The normalized spacial score (nSPS) is 23.9. The number of carbonyl (C=O) groups is 1. The molecule has 2 heterocycles. The van der Waals surface area contributed by atoms with Gasteiger partial charge in [-0.3, -0.25) is 4.79 Å². The molecule has 0 fully saturated rings. The first-order valence-corrected chi connectivity index (χ1v) is 6.77. The maximum atomic E-state index is 11.0. The summed E-state index contributed by atoms with van der Waals surface area (Å²) in [7, 11) is 0. The molecule has 3 rings (SSSR count). The second-order valence-corrected chi connectivity index (χ2v) is 5.79. The lowest BCUT2D eigenvalue weighted by atomic mass is 9.95. The summed E-state index contributed by atoms with van der Waals surface area (Å²) < 4.78 is 0. The maximum Gasteiger partial charge on any atom is 0.240 e. The zero-order valence-electron chi connectivity index (χ0n) is 9.53. The zero-order valence-corrected chi connectivity index (χ0v) is 10.3. The fourth-order valence-corrected chi connectivity index (χ4v) is 3.57. The third kappa shape index (κ3) is 2.12. The predicted octanol–water partition coefficient (Wildman–Crippen LogP) is 1.18. The minimum atomic E-state index is 0.0112. The number of aryl methyl sites for hydroxylation is 1. The van der Waals surface area contributed by atoms with Crippen LogP contribution in [0.2, 0.25) is 0 Å². The number of hydrazone groups is 1. The minimum absolute atomic E-state index is 0.0112. The lowest BCUT2D eigenvalue weighted by Crippen LogP contribution is -2.26. The van der Waals surface area contributed by atoms with Crippen LogP contribution in [0.3, 0.4) is 0 Å². The van der Waals surface area contributed by atoms with Crippen molar-refractivity contribution in [1.82, 2.24) is 5.43 Å². The average Bonchev–Trinajstić information content (AvgIpc) is 2.72. The molecule has 1 aliphatic heterocycles. The molecule has 0 aromatic carbocycles. The van der Waals surface area contributed by atoms with Crippen LogP contribution in [0.1, 0.15) is 34.6 Å². The van der Waals surface area contributed by atoms with Gasteiger partial charge in [0.25, 0.3) is 0 Å². The Kier molecular flexibility index (Phi) is 2.72. The van der Waals surface area contributed by atoms with Crippen LogP contribution < -0.4 is 11.2 Å². The first-order chi connectivity index (χ1) is 8.22. The molecule has 0 saturated heterocycles. The van der Waals surface area contributed by atoms with Gasteiger partial charge < -0.3 is 5.73 Å². The van der Waals surface area contributed by atoms with Crippen molar-refractivity contribution in [3.8, 4) is 0 Å². The number of nitrogens with two attached hydrogens (primary N) is 1. The number of rotatable bonds is 1. The smallest absolute Gasteiger partial charge is 0.240 e. The van der Waals surface area contributed by atoms with Crippen molar-refractivity contribution in [3.63, 3.8) is 0 Å². The molecule has 90 valence electrons. The monoisotopic (exact) mass is 249 g/mol. The Balaban J connectivity index is 1.87. The molecule has 17 heavy (non-hydrogen) atoms. The van der Waals surface area contributed by atoms with Gasteiger partial charge in [0.2, 0.25) is 5.91 Å². The van der Waals surface area contributed by atoms with Crippen molar-refractivity contribution in [2.45, 2.75) is 38.1 Å². The molecular weight excluding hydrogens is 234 g/mol. The van der Waals surface area contributed by atoms with E-state index in [1.807, 2.05) is 11.3 Å². The second-order valence-electron chi connectivity index (χ2n) is 4.66. The van der Waals surface area contributed by atoms with Gasteiger partial charge in [0.05, 0.1) is 10.6 Å². The predicted molar refractivity (Wildman–Crippen MR) is 68.2 cm³/mol. The lowest BCUT2D eigenvalue weighted by Gasteiger charge is -2.17. The van der Waals surface area contributed by atoms with Crippen molar-refractivity contribution in [3.05, 3.63) is 21.4 Å². The summed E-state index contributed by atoms with van der Waals surface area (Å²) in [5.41, 5.74) is 10.9. The first kappa shape index (κ1) is 10.9. The van der Waals surface area contributed by atoms with Crippen molar-refractivity contribution in [2.75, 3.05) is 0 Å². The molecule has 0 saturated carbocycles. The van der Waals surface area contributed by atoms with Crippen LogP contribution in [0.25, 0.3) is 0 Å². The highest BCUT2D eigenvalue weighted by Gasteiger charge is 2.21. The Bertz CT molecular complexity index is 492. The van der Waals surface area contributed by atoms with Gasteiger partial charge in [0.1, 0.15) is 0 Å². The van der Waals surface area contributed by atoms with Crippen LogP contribution in [0.4, 0.5) is 0 Å². The van der Waals surface area contributed by atoms with E-state index in [9.17, 15) is 4.79 Å². The SMILES string of the molecule is NC1CCc2sc(C3=NNC(=O)CC3)cc2C1. The van der Waals surface area contributed by atoms with Crippen molar-refractivity contribution < 1.29 is 4.79 Å². The molecule has 0 radical (unpaired) electrons. The fraction of sp³-hybridized carbons (Fsp3) is 0.500. The Morgan fingerprint density at radius 2 is 2.29 bits per heavy atom. The second kappa shape index (κ2) is 4.23. The highest BCUT2D eigenvalue weighted by Crippen LogP contribution is 2.30. The Morgan fingerprint density at radius 3 is 3.06 bits per heavy atom. The molecule has 0 bridgehead atoms. The van der Waals surface area contributed by atoms with E-state index in [1.165, 1.54) is 15.3 Å². The number of carbonyl (C=O) groups excluding carboxylic acids is 1. The van der Waals surface area contributed by atoms with Crippen molar-refractivity contribution in [1.29, 1.82) is 0 Å². The van der Waals surface area contributed by atoms with Crippen molar-refractivity contribution in [2.24, 2.45) is 10.8 Å². The highest BCUT2D eigenvalue weighted by atomic mass is 32.1. The number of thiophene rings is 1. The molecule has 0 spiro atoms. The molecule has 1 amide bonds. The average molecular weight is 249 g/mol. The van der Waals surface area contributed by atoms with E-state index >= 15 is 0 Å². The van der Waals surface area contributed by atoms with Gasteiger partial charge >= 0.3 is 0 Å². The Hall–Kier alpha value is -1.20. The minimum Gasteiger partial charge on any atom is -0.327 e. The summed E-state index contributed by atoms with van der Waals surface area (Å²) in [6.07, 6.45) is 4.43. The summed E-state index contributed by atoms with van der Waals surface area (Å²) in [6, 6.07) is 2.51. The van der Waals surface area contributed by atoms with Gasteiger partial charge in [-0.1, -0.05) is 0 Å². The van der Waals surface area contributed by atoms with Crippen LogP contribution in [-0.4, -0.2) is 17.7 Å². The van der Waals surface area contributed by atoms with E-state index in [2.05, 4.69) is 16.6 Å². The molecule has 1 unspecified atom stereocenters. The van der Waals surface area contributed by atoms with E-state index in [0.29, 0.717) is 12.5 Å². The topological polar surface area (TPSA) is 67.5 Å². The van der Waals surface area contributed by atoms with E-state index in [-0.39, 0.29) is 5.91 Å². The van der Waals surface area contributed by atoms with Crippen LogP contribution in [-0.2, 0) is 17.6 Å². The number of nitrogens with one attached hydrogen (secondary N) is 1. The summed E-state index contributed by atoms with van der Waals surface area (Å²) in [4.78, 5) is 13.7. The van der Waals surface area contributed by atoms with Gasteiger partial charge in [-0.15, -0.1) is 11.3 Å². The van der Waals surface area contributed by atoms with E-state index in [0.717, 1.165) is 31.4 Å². The molecule has 5 heteroatoms. The number of fused-ring (bicyclic) bond motifs is 1. The first-order valence-electron chi connectivity index (χ1n) is 5.95. The maximum absolute atomic E-state index is 11.0. The van der Waals surface area contributed by atoms with E-state index in [1.54, 1.807) is 0 Å². The quantitative estimate of drug-likeness (QED) is 0.784. The van der Waals surface area contributed by atoms with Gasteiger partial charge in [0, 0.05) is 23.8 Å². The number of nitrogens with zero attached hydrogens (tertiary/aromatic N) is 1. The van der Waals surface area contributed by atoms with Crippen molar-refractivity contribution >= 4 is 23.0 Å². The number of hydrogen-bond acceptors (Lipinski definition) is 4. The molecule has 1 aromatic heterocycles. The van der Waals surface area contributed by atoms with Crippen LogP contribution in [0.5, 0.6) is 0 Å². The van der Waals surface area contributed by atoms with Gasteiger partial charge in [0.15, 0.2) is 0 Å². The largest absolute Gasteiger partial charge is 0.327 e. The van der Waals surface area contributed by atoms with Crippen LogP contribution in [0.15, 0.2) is 11.2 Å². The van der Waals surface area contributed by atoms with Crippen LogP contribution in [0, 0.1) is 0 Å². The highest BCUT2D eigenvalue weighted by molar-refractivity contribution is 7.14. The summed E-state index contributed by atoms with van der Waals surface area (Å²) >= 11 is 1.81. The van der Waals surface area contributed by atoms with Gasteiger partial charge in [-0.25, -0.2) is 5.43 Å². The van der Waals surface area contributed by atoms with Crippen LogP contribution >= 0.6 is 11.3 Å². The standard InChI is InChI=1S/C12H15N3OS/c13-8-1-3-10-7(5-8)6-11(17-10)9-2-4-12(16)15-14-9/h6,8H,1-5,13H2,(H,15,16). The molecule has 2 aliphatic rings. The molecular formula is C12H15N3OS. The third-order valence-corrected chi connectivity index (χ3v) is 4.60. The van der Waals surface area contributed by atoms with E-state index < -0.39 is 0 Å². The number of amides is 1. The summed E-state index contributed by atoms with van der Waals surface area (Å²) in [5.74, 6) is 0.0112. The summed E-state index contributed by atoms with van der Waals surface area (Å²) in [5, 5.41) is 4.14. The van der Waals surface area contributed by atoms with Gasteiger partial charge in [-0.2, -0.15) is 5.10 Å². The zero-order chi connectivity index (χ0) is 11.8. The van der Waals surface area contributed by atoms with Gasteiger partial charge in [-0.05, 0) is 30.9 Å². The Morgan fingerprint density at radius 1 is 1.41 bits per heavy atom. The molecule has 1 atom stereocenters. The number of hydrogen-bond donors (Lipinski definition) is 2. The molecule has 4 nitrogen and oxygen atoms in total. The fourth-order valence-electron chi connectivity index (χ4n) is 2.35. The molecule has 1 aliphatic carbocycles.